The molecule has 138 valence electrons. The number of rotatable bonds is 5. The normalized spacial score (nSPS) is 25.6. The molecule has 0 spiro atoms. The SMILES string of the molecule is C/C(CCC(C(=O)OC(C)(C)C)C1CCCCN1)=C1/CCCCN1. The standard InChI is InChI=1S/C20H36N2O2/c1-15(17-9-5-7-13-21-17)11-12-16(18-10-6-8-14-22-18)19(23)24-20(2,3)4/h16,18,21-22H,5-14H2,1-4H3/b17-15+. The average Bonchev–Trinajstić information content (AvgIpc) is 2.55. The summed E-state index contributed by atoms with van der Waals surface area (Å²) in [5.74, 6) is -0.0695. The zero-order valence-corrected chi connectivity index (χ0v) is 16.0. The zero-order valence-electron chi connectivity index (χ0n) is 16.0. The van der Waals surface area contributed by atoms with Crippen molar-refractivity contribution < 1.29 is 9.53 Å². The third kappa shape index (κ3) is 6.12. The Kier molecular flexibility index (Phi) is 7.15. The molecule has 0 aromatic carbocycles. The quantitative estimate of drug-likeness (QED) is 0.747. The summed E-state index contributed by atoms with van der Waals surface area (Å²) in [6, 6.07) is 0.269. The fourth-order valence-corrected chi connectivity index (χ4v) is 3.72. The summed E-state index contributed by atoms with van der Waals surface area (Å²) < 4.78 is 5.72. The lowest BCUT2D eigenvalue weighted by molar-refractivity contribution is -0.161. The van der Waals surface area contributed by atoms with Gasteiger partial charge in [-0.05, 0) is 79.2 Å². The molecule has 2 saturated heterocycles. The molecular weight excluding hydrogens is 300 g/mol. The van der Waals surface area contributed by atoms with Gasteiger partial charge in [0.05, 0.1) is 5.92 Å². The van der Waals surface area contributed by atoms with E-state index < -0.39 is 5.60 Å². The van der Waals surface area contributed by atoms with Crippen LogP contribution in [-0.4, -0.2) is 30.7 Å². The Balaban J connectivity index is 2.00. The van der Waals surface area contributed by atoms with Gasteiger partial charge in [0.1, 0.15) is 5.60 Å². The highest BCUT2D eigenvalue weighted by atomic mass is 16.6. The van der Waals surface area contributed by atoms with Crippen LogP contribution in [0.2, 0.25) is 0 Å². The molecular formula is C20H36N2O2. The molecule has 0 saturated carbocycles. The smallest absolute Gasteiger partial charge is 0.311 e. The van der Waals surface area contributed by atoms with Crippen molar-refractivity contribution in [3.63, 3.8) is 0 Å². The molecule has 24 heavy (non-hydrogen) atoms. The number of ether oxygens (including phenoxy) is 1. The molecule has 0 aromatic heterocycles. The molecule has 2 fully saturated rings. The van der Waals surface area contributed by atoms with E-state index in [2.05, 4.69) is 17.6 Å². The summed E-state index contributed by atoms with van der Waals surface area (Å²) in [6.07, 6.45) is 9.06. The average molecular weight is 337 g/mol. The molecule has 0 radical (unpaired) electrons. The van der Waals surface area contributed by atoms with Gasteiger partial charge in [-0.15, -0.1) is 0 Å². The van der Waals surface area contributed by atoms with Crippen molar-refractivity contribution >= 4 is 5.97 Å². The number of esters is 1. The van der Waals surface area contributed by atoms with Gasteiger partial charge in [-0.3, -0.25) is 4.79 Å². The van der Waals surface area contributed by atoms with Gasteiger partial charge in [0, 0.05) is 18.3 Å². The lowest BCUT2D eigenvalue weighted by Gasteiger charge is -2.32. The number of nitrogens with one attached hydrogen (secondary N) is 2. The van der Waals surface area contributed by atoms with Crippen molar-refractivity contribution in [3.8, 4) is 0 Å². The fourth-order valence-electron chi connectivity index (χ4n) is 3.72. The second-order valence-electron chi connectivity index (χ2n) is 8.38. The predicted octanol–water partition coefficient (Wildman–Crippen LogP) is 3.91. The maximum atomic E-state index is 12.8. The van der Waals surface area contributed by atoms with Crippen LogP contribution < -0.4 is 10.6 Å². The molecule has 2 rings (SSSR count). The van der Waals surface area contributed by atoms with Crippen molar-refractivity contribution in [1.82, 2.24) is 10.6 Å². The molecule has 2 N–H and O–H groups in total. The van der Waals surface area contributed by atoms with Crippen LogP contribution >= 0.6 is 0 Å². The largest absolute Gasteiger partial charge is 0.460 e. The molecule has 4 nitrogen and oxygen atoms in total. The van der Waals surface area contributed by atoms with E-state index in [1.165, 1.54) is 37.0 Å². The van der Waals surface area contributed by atoms with Crippen LogP contribution in [0.3, 0.4) is 0 Å². The van der Waals surface area contributed by atoms with Crippen molar-refractivity contribution in [2.24, 2.45) is 5.92 Å². The summed E-state index contributed by atoms with van der Waals surface area (Å²) in [5.41, 5.74) is 2.41. The van der Waals surface area contributed by atoms with Gasteiger partial charge < -0.3 is 15.4 Å². The summed E-state index contributed by atoms with van der Waals surface area (Å²) in [7, 11) is 0. The molecule has 2 atom stereocenters. The van der Waals surface area contributed by atoms with Crippen molar-refractivity contribution in [2.75, 3.05) is 13.1 Å². The zero-order chi connectivity index (χ0) is 17.6. The monoisotopic (exact) mass is 336 g/mol. The number of hydrogen-bond donors (Lipinski definition) is 2. The Morgan fingerprint density at radius 2 is 1.96 bits per heavy atom. The van der Waals surface area contributed by atoms with Crippen LogP contribution in [-0.2, 0) is 9.53 Å². The maximum absolute atomic E-state index is 12.8. The first kappa shape index (κ1) is 19.3. The Morgan fingerprint density at radius 3 is 2.54 bits per heavy atom. The number of piperidine rings is 2. The molecule has 2 aliphatic rings. The highest BCUT2D eigenvalue weighted by Gasteiger charge is 2.32. The first-order chi connectivity index (χ1) is 11.4. The lowest BCUT2D eigenvalue weighted by Crippen LogP contribution is -2.45. The van der Waals surface area contributed by atoms with E-state index in [0.717, 1.165) is 38.8 Å². The third-order valence-corrected chi connectivity index (χ3v) is 5.08. The highest BCUT2D eigenvalue weighted by molar-refractivity contribution is 5.73. The molecule has 0 amide bonds. The van der Waals surface area contributed by atoms with Crippen molar-refractivity contribution in [3.05, 3.63) is 11.3 Å². The Hall–Kier alpha value is -1.03. The maximum Gasteiger partial charge on any atom is 0.311 e. The summed E-state index contributed by atoms with van der Waals surface area (Å²) in [4.78, 5) is 12.8. The first-order valence-electron chi connectivity index (χ1n) is 9.75. The second-order valence-corrected chi connectivity index (χ2v) is 8.38. The van der Waals surface area contributed by atoms with Crippen LogP contribution in [0.4, 0.5) is 0 Å². The number of carbonyl (C=O) groups is 1. The Morgan fingerprint density at radius 1 is 1.21 bits per heavy atom. The van der Waals surface area contributed by atoms with Crippen LogP contribution in [0.15, 0.2) is 11.3 Å². The third-order valence-electron chi connectivity index (χ3n) is 5.08. The molecule has 0 bridgehead atoms. The van der Waals surface area contributed by atoms with Gasteiger partial charge >= 0.3 is 5.97 Å². The van der Waals surface area contributed by atoms with Gasteiger partial charge in [-0.25, -0.2) is 0 Å². The molecule has 2 unspecified atom stereocenters. The van der Waals surface area contributed by atoms with E-state index in [1.807, 2.05) is 20.8 Å². The van der Waals surface area contributed by atoms with Crippen LogP contribution in [0.25, 0.3) is 0 Å². The minimum Gasteiger partial charge on any atom is -0.460 e. The van der Waals surface area contributed by atoms with Crippen LogP contribution in [0, 0.1) is 5.92 Å². The van der Waals surface area contributed by atoms with Gasteiger partial charge in [0.2, 0.25) is 0 Å². The van der Waals surface area contributed by atoms with E-state index in [0.29, 0.717) is 0 Å². The number of carbonyl (C=O) groups excluding carboxylic acids is 1. The van der Waals surface area contributed by atoms with Gasteiger partial charge in [0.25, 0.3) is 0 Å². The molecule has 0 aliphatic carbocycles. The minimum absolute atomic E-state index is 0.0312. The Labute approximate surface area is 147 Å². The molecule has 0 aromatic rings. The van der Waals surface area contributed by atoms with Crippen molar-refractivity contribution in [1.29, 1.82) is 0 Å². The van der Waals surface area contributed by atoms with E-state index in [-0.39, 0.29) is 17.9 Å². The van der Waals surface area contributed by atoms with Gasteiger partial charge in [-0.1, -0.05) is 12.0 Å². The minimum atomic E-state index is -0.414. The lowest BCUT2D eigenvalue weighted by atomic mass is 9.87. The van der Waals surface area contributed by atoms with E-state index >= 15 is 0 Å². The Bertz CT molecular complexity index is 437. The highest BCUT2D eigenvalue weighted by Crippen LogP contribution is 2.26. The summed E-state index contributed by atoms with van der Waals surface area (Å²) in [6.45, 7) is 10.2. The first-order valence-corrected chi connectivity index (χ1v) is 9.75. The number of hydrogen-bond acceptors (Lipinski definition) is 4. The van der Waals surface area contributed by atoms with E-state index in [4.69, 9.17) is 4.74 Å². The molecule has 2 heterocycles. The van der Waals surface area contributed by atoms with Gasteiger partial charge in [0.15, 0.2) is 0 Å². The molecule has 2 aliphatic heterocycles. The summed E-state index contributed by atoms with van der Waals surface area (Å²) >= 11 is 0. The summed E-state index contributed by atoms with van der Waals surface area (Å²) in [5, 5.41) is 7.09. The second kappa shape index (κ2) is 8.89. The fraction of sp³-hybridized carbons (Fsp3) is 0.850. The topological polar surface area (TPSA) is 50.4 Å². The van der Waals surface area contributed by atoms with Gasteiger partial charge in [-0.2, -0.15) is 0 Å². The van der Waals surface area contributed by atoms with Crippen LogP contribution in [0.1, 0.15) is 79.1 Å². The molecule has 4 heteroatoms. The van der Waals surface area contributed by atoms with E-state index in [9.17, 15) is 4.79 Å². The van der Waals surface area contributed by atoms with Crippen LogP contribution in [0.5, 0.6) is 0 Å². The van der Waals surface area contributed by atoms with E-state index in [1.54, 1.807) is 0 Å². The van der Waals surface area contributed by atoms with Crippen molar-refractivity contribution in [2.45, 2.75) is 90.7 Å². The predicted molar refractivity (Wildman–Crippen MR) is 98.8 cm³/mol. The number of allylic oxidation sites excluding steroid dienone is 2.